The van der Waals surface area contributed by atoms with Crippen LogP contribution >= 0.6 is 0 Å². The first kappa shape index (κ1) is 13.3. The third-order valence-electron chi connectivity index (χ3n) is 5.30. The fourth-order valence-corrected chi connectivity index (χ4v) is 4.18. The minimum Gasteiger partial charge on any atom is -0.374 e. The molecule has 0 saturated carbocycles. The van der Waals surface area contributed by atoms with Crippen LogP contribution in [0.25, 0.3) is 0 Å². The van der Waals surface area contributed by atoms with Crippen molar-refractivity contribution in [2.24, 2.45) is 11.8 Å². The summed E-state index contributed by atoms with van der Waals surface area (Å²) in [5.74, 6) is 1.14. The van der Waals surface area contributed by atoms with E-state index < -0.39 is 0 Å². The van der Waals surface area contributed by atoms with Gasteiger partial charge in [0.2, 0.25) is 5.91 Å². The Kier molecular flexibility index (Phi) is 3.26. The number of ether oxygens (including phenoxy) is 1. The Bertz CT molecular complexity index is 550. The summed E-state index contributed by atoms with van der Waals surface area (Å²) in [4.78, 5) is 14.6. The lowest BCUT2D eigenvalue weighted by molar-refractivity contribution is -0.143. The predicted octanol–water partition coefficient (Wildman–Crippen LogP) is 2.56. The predicted molar refractivity (Wildman–Crippen MR) is 81.0 cm³/mol. The van der Waals surface area contributed by atoms with Crippen molar-refractivity contribution in [2.45, 2.75) is 44.8 Å². The fraction of sp³-hybridized carbons (Fsp3) is 0.611. The van der Waals surface area contributed by atoms with Crippen molar-refractivity contribution in [3.63, 3.8) is 0 Å². The Hall–Kier alpha value is -1.35. The average Bonchev–Trinajstić information content (AvgIpc) is 3.04. The van der Waals surface area contributed by atoms with Crippen LogP contribution in [0.2, 0.25) is 0 Å². The molecule has 0 aliphatic carbocycles. The maximum Gasteiger partial charge on any atom is 0.228 e. The fourth-order valence-electron chi connectivity index (χ4n) is 4.18. The summed E-state index contributed by atoms with van der Waals surface area (Å²) in [7, 11) is 0. The number of carbonyl (C=O) groups excluding carboxylic acids is 1. The standard InChI is InChI=1S/C18H23NO2/c1-12-3-2-4-13(7-12)8-14-10-19(11-14)18(20)16-9-15-5-6-17(16)21-15/h2-4,7,14-17H,5-6,8-11H2,1H3. The monoisotopic (exact) mass is 285 g/mol. The smallest absolute Gasteiger partial charge is 0.228 e. The molecule has 3 unspecified atom stereocenters. The first-order chi connectivity index (χ1) is 10.2. The minimum absolute atomic E-state index is 0.156. The number of rotatable bonds is 3. The second-order valence-corrected chi connectivity index (χ2v) is 7.02. The molecule has 1 aromatic carbocycles. The Morgan fingerprint density at radius 2 is 2.19 bits per heavy atom. The molecular weight excluding hydrogens is 262 g/mol. The largest absolute Gasteiger partial charge is 0.374 e. The van der Waals surface area contributed by atoms with Crippen LogP contribution in [-0.4, -0.2) is 36.1 Å². The van der Waals surface area contributed by atoms with E-state index in [1.54, 1.807) is 0 Å². The van der Waals surface area contributed by atoms with Crippen LogP contribution < -0.4 is 0 Å². The summed E-state index contributed by atoms with van der Waals surface area (Å²) in [6, 6.07) is 8.71. The molecular formula is C18H23NO2. The van der Waals surface area contributed by atoms with E-state index in [2.05, 4.69) is 36.1 Å². The topological polar surface area (TPSA) is 29.5 Å². The lowest BCUT2D eigenvalue weighted by Crippen LogP contribution is -2.53. The highest BCUT2D eigenvalue weighted by Crippen LogP contribution is 2.40. The first-order valence-corrected chi connectivity index (χ1v) is 8.19. The normalized spacial score (nSPS) is 31.5. The molecule has 21 heavy (non-hydrogen) atoms. The Balaban J connectivity index is 1.30. The van der Waals surface area contributed by atoms with Crippen molar-refractivity contribution in [3.8, 4) is 0 Å². The zero-order valence-electron chi connectivity index (χ0n) is 12.6. The van der Waals surface area contributed by atoms with Crippen molar-refractivity contribution in [1.82, 2.24) is 4.90 Å². The molecule has 3 atom stereocenters. The van der Waals surface area contributed by atoms with Gasteiger partial charge in [0, 0.05) is 13.1 Å². The number of hydrogen-bond acceptors (Lipinski definition) is 2. The van der Waals surface area contributed by atoms with E-state index in [9.17, 15) is 4.79 Å². The SMILES string of the molecule is Cc1cccc(CC2CN(C(=O)C3CC4CCC3O4)C2)c1. The third kappa shape index (κ3) is 2.48. The van der Waals surface area contributed by atoms with Gasteiger partial charge in [-0.15, -0.1) is 0 Å². The quantitative estimate of drug-likeness (QED) is 0.854. The molecule has 3 nitrogen and oxygen atoms in total. The summed E-state index contributed by atoms with van der Waals surface area (Å²) in [6.45, 7) is 4.00. The molecule has 1 amide bonds. The van der Waals surface area contributed by atoms with E-state index in [1.807, 2.05) is 0 Å². The van der Waals surface area contributed by atoms with E-state index in [1.165, 1.54) is 11.1 Å². The van der Waals surface area contributed by atoms with Gasteiger partial charge in [-0.1, -0.05) is 29.8 Å². The highest BCUT2D eigenvalue weighted by atomic mass is 16.5. The molecule has 3 aliphatic rings. The van der Waals surface area contributed by atoms with E-state index >= 15 is 0 Å². The summed E-state index contributed by atoms with van der Waals surface area (Å²) < 4.78 is 5.81. The van der Waals surface area contributed by atoms with Gasteiger partial charge in [0.1, 0.15) is 0 Å². The van der Waals surface area contributed by atoms with Gasteiger partial charge >= 0.3 is 0 Å². The summed E-state index contributed by atoms with van der Waals surface area (Å²) in [5.41, 5.74) is 2.72. The van der Waals surface area contributed by atoms with Gasteiger partial charge in [0.15, 0.2) is 0 Å². The summed E-state index contributed by atoms with van der Waals surface area (Å²) in [5, 5.41) is 0. The van der Waals surface area contributed by atoms with E-state index in [0.717, 1.165) is 38.8 Å². The number of hydrogen-bond donors (Lipinski definition) is 0. The second kappa shape index (κ2) is 5.13. The molecule has 0 spiro atoms. The molecule has 0 aromatic heterocycles. The van der Waals surface area contributed by atoms with E-state index in [-0.39, 0.29) is 12.0 Å². The van der Waals surface area contributed by atoms with Gasteiger partial charge in [-0.25, -0.2) is 0 Å². The first-order valence-electron chi connectivity index (χ1n) is 8.19. The maximum absolute atomic E-state index is 12.5. The molecule has 3 saturated heterocycles. The zero-order chi connectivity index (χ0) is 14.4. The number of carbonyl (C=O) groups is 1. The number of nitrogens with zero attached hydrogens (tertiary/aromatic N) is 1. The van der Waals surface area contributed by atoms with Gasteiger partial charge in [-0.3, -0.25) is 4.79 Å². The van der Waals surface area contributed by atoms with Gasteiger partial charge < -0.3 is 9.64 Å². The summed E-state index contributed by atoms with van der Waals surface area (Å²) in [6.07, 6.45) is 4.89. The van der Waals surface area contributed by atoms with Crippen LogP contribution in [0.1, 0.15) is 30.4 Å². The van der Waals surface area contributed by atoms with Crippen LogP contribution in [0.3, 0.4) is 0 Å². The molecule has 3 fully saturated rings. The highest BCUT2D eigenvalue weighted by Gasteiger charge is 2.47. The molecule has 2 bridgehead atoms. The molecule has 1 aromatic rings. The van der Waals surface area contributed by atoms with Crippen molar-refractivity contribution < 1.29 is 9.53 Å². The second-order valence-electron chi connectivity index (χ2n) is 7.02. The highest BCUT2D eigenvalue weighted by molar-refractivity contribution is 5.80. The van der Waals surface area contributed by atoms with Gasteiger partial charge in [0.05, 0.1) is 18.1 Å². The van der Waals surface area contributed by atoms with E-state index in [4.69, 9.17) is 4.74 Å². The summed E-state index contributed by atoms with van der Waals surface area (Å²) >= 11 is 0. The Morgan fingerprint density at radius 1 is 1.33 bits per heavy atom. The average molecular weight is 285 g/mol. The molecule has 0 radical (unpaired) electrons. The molecule has 4 rings (SSSR count). The van der Waals surface area contributed by atoms with E-state index in [0.29, 0.717) is 17.9 Å². The molecule has 112 valence electrons. The number of likely N-dealkylation sites (tertiary alicyclic amines) is 1. The van der Waals surface area contributed by atoms with Crippen LogP contribution in [0.5, 0.6) is 0 Å². The van der Waals surface area contributed by atoms with Crippen LogP contribution in [0, 0.1) is 18.8 Å². The minimum atomic E-state index is 0.156. The van der Waals surface area contributed by atoms with Crippen LogP contribution in [0.4, 0.5) is 0 Å². The number of aryl methyl sites for hydroxylation is 1. The van der Waals surface area contributed by atoms with Gasteiger partial charge in [-0.2, -0.15) is 0 Å². The molecule has 0 N–H and O–H groups in total. The molecule has 3 heterocycles. The van der Waals surface area contributed by atoms with Gasteiger partial charge in [-0.05, 0) is 44.1 Å². The Morgan fingerprint density at radius 3 is 2.86 bits per heavy atom. The van der Waals surface area contributed by atoms with Crippen molar-refractivity contribution in [2.75, 3.05) is 13.1 Å². The zero-order valence-corrected chi connectivity index (χ0v) is 12.6. The number of fused-ring (bicyclic) bond motifs is 2. The molecule has 3 heteroatoms. The molecule has 3 aliphatic heterocycles. The van der Waals surface area contributed by atoms with Gasteiger partial charge in [0.25, 0.3) is 0 Å². The lowest BCUT2D eigenvalue weighted by Gasteiger charge is -2.41. The Labute approximate surface area is 126 Å². The van der Waals surface area contributed by atoms with Crippen molar-refractivity contribution in [1.29, 1.82) is 0 Å². The third-order valence-corrected chi connectivity index (χ3v) is 5.30. The van der Waals surface area contributed by atoms with Crippen LogP contribution in [0.15, 0.2) is 24.3 Å². The maximum atomic E-state index is 12.5. The lowest BCUT2D eigenvalue weighted by atomic mass is 9.85. The number of amides is 1. The van der Waals surface area contributed by atoms with Crippen molar-refractivity contribution in [3.05, 3.63) is 35.4 Å². The van der Waals surface area contributed by atoms with Crippen LogP contribution in [-0.2, 0) is 16.0 Å². The number of benzene rings is 1. The van der Waals surface area contributed by atoms with Crippen molar-refractivity contribution >= 4 is 5.91 Å².